The normalized spacial score (nSPS) is 20.6. The van der Waals surface area contributed by atoms with Gasteiger partial charge in [-0.1, -0.05) is 0 Å². The lowest BCUT2D eigenvalue weighted by atomic mass is 10.1. The number of hydrogen-bond acceptors (Lipinski definition) is 5. The van der Waals surface area contributed by atoms with E-state index in [1.807, 2.05) is 19.9 Å². The molecule has 5 heteroatoms. The van der Waals surface area contributed by atoms with Crippen molar-refractivity contribution in [2.24, 2.45) is 0 Å². The predicted molar refractivity (Wildman–Crippen MR) is 68.0 cm³/mol. The monoisotopic (exact) mass is 236 g/mol. The number of anilines is 2. The summed E-state index contributed by atoms with van der Waals surface area (Å²) in [5.41, 5.74) is 6.59. The lowest BCUT2D eigenvalue weighted by Gasteiger charge is -2.33. The summed E-state index contributed by atoms with van der Waals surface area (Å²) >= 11 is 0. The van der Waals surface area contributed by atoms with Crippen LogP contribution in [0.25, 0.3) is 0 Å². The third-order valence-electron chi connectivity index (χ3n) is 2.96. The molecular formula is C12H20N4O. The summed E-state index contributed by atoms with van der Waals surface area (Å²) in [6.45, 7) is 6.64. The number of ether oxygens (including phenoxy) is 1. The van der Waals surface area contributed by atoms with E-state index in [0.29, 0.717) is 12.1 Å². The van der Waals surface area contributed by atoms with E-state index in [0.717, 1.165) is 44.0 Å². The van der Waals surface area contributed by atoms with Crippen molar-refractivity contribution >= 4 is 11.8 Å². The van der Waals surface area contributed by atoms with Gasteiger partial charge in [-0.25, -0.2) is 4.98 Å². The van der Waals surface area contributed by atoms with Gasteiger partial charge in [0.05, 0.1) is 6.10 Å². The fraction of sp³-hybridized carbons (Fsp3) is 0.667. The summed E-state index contributed by atoms with van der Waals surface area (Å²) in [7, 11) is 0. The predicted octanol–water partition coefficient (Wildman–Crippen LogP) is 1.37. The van der Waals surface area contributed by atoms with Crippen molar-refractivity contribution in [1.29, 1.82) is 0 Å². The highest BCUT2D eigenvalue weighted by Crippen LogP contribution is 2.20. The summed E-state index contributed by atoms with van der Waals surface area (Å²) in [4.78, 5) is 10.6. The lowest BCUT2D eigenvalue weighted by Crippen LogP contribution is -2.40. The van der Waals surface area contributed by atoms with Crippen LogP contribution in [0.3, 0.4) is 0 Å². The molecule has 1 aliphatic rings. The molecule has 1 aliphatic heterocycles. The average Bonchev–Trinajstić information content (AvgIpc) is 2.28. The van der Waals surface area contributed by atoms with Gasteiger partial charge in [-0.3, -0.25) is 0 Å². The molecular weight excluding hydrogens is 216 g/mol. The summed E-state index contributed by atoms with van der Waals surface area (Å²) in [5.74, 6) is 1.26. The van der Waals surface area contributed by atoms with Crippen molar-refractivity contribution in [1.82, 2.24) is 9.97 Å². The molecule has 1 saturated heterocycles. The minimum atomic E-state index is 0.310. The first-order valence-electron chi connectivity index (χ1n) is 6.16. The molecule has 0 radical (unpaired) electrons. The molecule has 0 unspecified atom stereocenters. The van der Waals surface area contributed by atoms with Gasteiger partial charge in [-0.05, 0) is 26.7 Å². The fourth-order valence-electron chi connectivity index (χ4n) is 2.25. The van der Waals surface area contributed by atoms with Crippen LogP contribution in [0.2, 0.25) is 0 Å². The van der Waals surface area contributed by atoms with Crippen LogP contribution in [0.4, 0.5) is 11.8 Å². The molecule has 0 aromatic carbocycles. The van der Waals surface area contributed by atoms with Crippen molar-refractivity contribution in [2.45, 2.75) is 32.8 Å². The highest BCUT2D eigenvalue weighted by molar-refractivity contribution is 5.43. The van der Waals surface area contributed by atoms with Crippen LogP contribution in [0, 0.1) is 6.92 Å². The number of nitrogen functional groups attached to an aromatic ring is 1. The molecule has 0 spiro atoms. The second-order valence-electron chi connectivity index (χ2n) is 4.39. The highest BCUT2D eigenvalue weighted by atomic mass is 16.5. The summed E-state index contributed by atoms with van der Waals surface area (Å²) in [5, 5.41) is 0. The van der Waals surface area contributed by atoms with Crippen LogP contribution in [-0.2, 0) is 4.74 Å². The Labute approximate surface area is 102 Å². The molecule has 2 rings (SSSR count). The van der Waals surface area contributed by atoms with Crippen LogP contribution < -0.4 is 10.6 Å². The molecule has 1 aromatic heterocycles. The topological polar surface area (TPSA) is 64.3 Å². The number of aromatic nitrogens is 2. The molecule has 0 saturated carbocycles. The van der Waals surface area contributed by atoms with E-state index in [1.165, 1.54) is 0 Å². The van der Waals surface area contributed by atoms with Crippen molar-refractivity contribution in [3.05, 3.63) is 11.8 Å². The van der Waals surface area contributed by atoms with Crippen molar-refractivity contribution in [3.8, 4) is 0 Å². The molecule has 0 amide bonds. The lowest BCUT2D eigenvalue weighted by molar-refractivity contribution is 0.0525. The van der Waals surface area contributed by atoms with Crippen molar-refractivity contribution in [2.75, 3.05) is 30.3 Å². The largest absolute Gasteiger partial charge is 0.377 e. The van der Waals surface area contributed by atoms with Gasteiger partial charge in [0.1, 0.15) is 5.82 Å². The maximum atomic E-state index is 5.68. The van der Waals surface area contributed by atoms with Gasteiger partial charge in [-0.15, -0.1) is 0 Å². The van der Waals surface area contributed by atoms with E-state index in [4.69, 9.17) is 10.5 Å². The van der Waals surface area contributed by atoms with Crippen LogP contribution in [-0.4, -0.2) is 35.8 Å². The smallest absolute Gasteiger partial charge is 0.222 e. The standard InChI is InChI=1S/C12H20N4O/c1-3-17-10-5-4-6-16(8-10)11-7-9(2)14-12(13)15-11/h7,10H,3-6,8H2,1-2H3,(H2,13,14,15)/t10-/m1/s1. The molecule has 1 aromatic rings. The number of piperidine rings is 1. The zero-order valence-electron chi connectivity index (χ0n) is 10.5. The number of nitrogens with zero attached hydrogens (tertiary/aromatic N) is 3. The maximum Gasteiger partial charge on any atom is 0.222 e. The summed E-state index contributed by atoms with van der Waals surface area (Å²) in [6.07, 6.45) is 2.57. The zero-order valence-corrected chi connectivity index (χ0v) is 10.5. The molecule has 0 bridgehead atoms. The quantitative estimate of drug-likeness (QED) is 0.858. The van der Waals surface area contributed by atoms with Gasteiger partial charge in [0, 0.05) is 31.5 Å². The Balaban J connectivity index is 2.10. The van der Waals surface area contributed by atoms with E-state index < -0.39 is 0 Å². The second kappa shape index (κ2) is 5.31. The van der Waals surface area contributed by atoms with Gasteiger partial charge >= 0.3 is 0 Å². The van der Waals surface area contributed by atoms with E-state index >= 15 is 0 Å². The Kier molecular flexibility index (Phi) is 3.78. The first kappa shape index (κ1) is 12.1. The SMILES string of the molecule is CCO[C@@H]1CCCN(c2cc(C)nc(N)n2)C1. The van der Waals surface area contributed by atoms with Gasteiger partial charge in [0.2, 0.25) is 5.95 Å². The van der Waals surface area contributed by atoms with E-state index in [2.05, 4.69) is 14.9 Å². The van der Waals surface area contributed by atoms with E-state index in [9.17, 15) is 0 Å². The number of aryl methyl sites for hydroxylation is 1. The number of nitrogens with two attached hydrogens (primary N) is 1. The van der Waals surface area contributed by atoms with Crippen LogP contribution in [0.1, 0.15) is 25.5 Å². The minimum Gasteiger partial charge on any atom is -0.377 e. The first-order valence-corrected chi connectivity index (χ1v) is 6.16. The van der Waals surface area contributed by atoms with Crippen molar-refractivity contribution in [3.63, 3.8) is 0 Å². The summed E-state index contributed by atoms with van der Waals surface area (Å²) in [6, 6.07) is 1.98. The van der Waals surface area contributed by atoms with Crippen LogP contribution in [0.5, 0.6) is 0 Å². The van der Waals surface area contributed by atoms with Gasteiger partial charge < -0.3 is 15.4 Å². The molecule has 94 valence electrons. The Morgan fingerprint density at radius 3 is 3.06 bits per heavy atom. The molecule has 1 fully saturated rings. The molecule has 2 N–H and O–H groups in total. The third kappa shape index (κ3) is 3.06. The van der Waals surface area contributed by atoms with Crippen LogP contribution >= 0.6 is 0 Å². The second-order valence-corrected chi connectivity index (χ2v) is 4.39. The molecule has 2 heterocycles. The van der Waals surface area contributed by atoms with Gasteiger partial charge in [-0.2, -0.15) is 4.98 Å². The zero-order chi connectivity index (χ0) is 12.3. The first-order chi connectivity index (χ1) is 8.19. The maximum absolute atomic E-state index is 5.68. The van der Waals surface area contributed by atoms with Crippen molar-refractivity contribution < 1.29 is 4.74 Å². The third-order valence-corrected chi connectivity index (χ3v) is 2.96. The minimum absolute atomic E-state index is 0.310. The van der Waals surface area contributed by atoms with E-state index in [-0.39, 0.29) is 0 Å². The van der Waals surface area contributed by atoms with Gasteiger partial charge in [0.15, 0.2) is 0 Å². The molecule has 1 atom stereocenters. The molecule has 0 aliphatic carbocycles. The van der Waals surface area contributed by atoms with Crippen LogP contribution in [0.15, 0.2) is 6.07 Å². The Bertz CT molecular complexity index is 361. The average molecular weight is 236 g/mol. The Morgan fingerprint density at radius 1 is 1.53 bits per heavy atom. The Morgan fingerprint density at radius 2 is 2.35 bits per heavy atom. The van der Waals surface area contributed by atoms with E-state index in [1.54, 1.807) is 0 Å². The number of hydrogen-bond donors (Lipinski definition) is 1. The summed E-state index contributed by atoms with van der Waals surface area (Å²) < 4.78 is 5.68. The van der Waals surface area contributed by atoms with Gasteiger partial charge in [0.25, 0.3) is 0 Å². The molecule has 17 heavy (non-hydrogen) atoms. The fourth-order valence-corrected chi connectivity index (χ4v) is 2.25. The highest BCUT2D eigenvalue weighted by Gasteiger charge is 2.21. The molecule has 5 nitrogen and oxygen atoms in total. The number of rotatable bonds is 3. The Hall–Kier alpha value is -1.36.